The van der Waals surface area contributed by atoms with E-state index in [2.05, 4.69) is 15.2 Å². The Bertz CT molecular complexity index is 459. The molecular weight excluding hydrogens is 176 g/mol. The van der Waals surface area contributed by atoms with E-state index in [1.807, 2.05) is 32.0 Å². The van der Waals surface area contributed by atoms with Gasteiger partial charge in [0.1, 0.15) is 5.82 Å². The van der Waals surface area contributed by atoms with Crippen LogP contribution in [0.4, 0.5) is 5.69 Å². The highest BCUT2D eigenvalue weighted by atomic mass is 15.2. The molecule has 3 N–H and O–H groups in total. The zero-order chi connectivity index (χ0) is 10.1. The van der Waals surface area contributed by atoms with Crippen LogP contribution in [-0.2, 0) is 0 Å². The topological polar surface area (TPSA) is 67.6 Å². The van der Waals surface area contributed by atoms with Crippen LogP contribution >= 0.6 is 0 Å². The van der Waals surface area contributed by atoms with Gasteiger partial charge in [0.25, 0.3) is 0 Å². The molecule has 2 rings (SSSR count). The molecule has 1 aromatic carbocycles. The number of nitrogens with two attached hydrogens (primary N) is 1. The summed E-state index contributed by atoms with van der Waals surface area (Å²) in [5, 5.41) is 6.89. The van der Waals surface area contributed by atoms with E-state index in [0.29, 0.717) is 5.82 Å². The number of anilines is 1. The van der Waals surface area contributed by atoms with E-state index in [1.165, 1.54) is 0 Å². The summed E-state index contributed by atoms with van der Waals surface area (Å²) in [5.74, 6) is 1.53. The highest BCUT2D eigenvalue weighted by Crippen LogP contribution is 2.19. The molecular formula is C10H12N4. The number of rotatable bonds is 1. The molecule has 14 heavy (non-hydrogen) atoms. The van der Waals surface area contributed by atoms with Crippen LogP contribution in [0, 0.1) is 13.8 Å². The number of nitrogen functional groups attached to an aromatic ring is 1. The standard InChI is InChI=1S/C10H12N4/c1-6-5-8(3-4-9(6)11)10-12-7(2)13-14-10/h3-5H,11H2,1-2H3,(H,12,13,14). The van der Waals surface area contributed by atoms with E-state index < -0.39 is 0 Å². The van der Waals surface area contributed by atoms with Gasteiger partial charge in [-0.2, -0.15) is 5.10 Å². The molecule has 0 spiro atoms. The summed E-state index contributed by atoms with van der Waals surface area (Å²) >= 11 is 0. The minimum absolute atomic E-state index is 0.714. The summed E-state index contributed by atoms with van der Waals surface area (Å²) in [6, 6.07) is 5.78. The SMILES string of the molecule is Cc1nc(-c2ccc(N)c(C)c2)n[nH]1. The summed E-state index contributed by atoms with van der Waals surface area (Å²) < 4.78 is 0. The van der Waals surface area contributed by atoms with Crippen LogP contribution in [0.25, 0.3) is 11.4 Å². The highest BCUT2D eigenvalue weighted by Gasteiger charge is 2.04. The molecule has 0 saturated carbocycles. The van der Waals surface area contributed by atoms with Gasteiger partial charge in [-0.1, -0.05) is 0 Å². The molecule has 0 unspecified atom stereocenters. The maximum absolute atomic E-state index is 5.72. The Hall–Kier alpha value is -1.84. The first-order valence-electron chi connectivity index (χ1n) is 4.42. The van der Waals surface area contributed by atoms with Gasteiger partial charge in [-0.15, -0.1) is 0 Å². The lowest BCUT2D eigenvalue weighted by Gasteiger charge is -2.00. The van der Waals surface area contributed by atoms with E-state index in [0.717, 1.165) is 22.6 Å². The summed E-state index contributed by atoms with van der Waals surface area (Å²) in [5.41, 5.74) is 8.55. The minimum Gasteiger partial charge on any atom is -0.399 e. The average Bonchev–Trinajstić information content (AvgIpc) is 2.57. The summed E-state index contributed by atoms with van der Waals surface area (Å²) in [6.07, 6.45) is 0. The molecule has 0 fully saturated rings. The van der Waals surface area contributed by atoms with Gasteiger partial charge in [-0.3, -0.25) is 5.10 Å². The number of aryl methyl sites for hydroxylation is 2. The quantitative estimate of drug-likeness (QED) is 0.669. The first-order valence-corrected chi connectivity index (χ1v) is 4.42. The van der Waals surface area contributed by atoms with Crippen LogP contribution in [-0.4, -0.2) is 15.2 Å². The molecule has 2 aromatic rings. The number of nitrogens with zero attached hydrogens (tertiary/aromatic N) is 2. The van der Waals surface area contributed by atoms with Gasteiger partial charge in [-0.05, 0) is 37.6 Å². The van der Waals surface area contributed by atoms with Gasteiger partial charge in [0, 0.05) is 11.3 Å². The fraction of sp³-hybridized carbons (Fsp3) is 0.200. The minimum atomic E-state index is 0.714. The predicted molar refractivity (Wildman–Crippen MR) is 55.7 cm³/mol. The lowest BCUT2D eigenvalue weighted by Crippen LogP contribution is -1.90. The fourth-order valence-electron chi connectivity index (χ4n) is 1.29. The number of nitrogens with one attached hydrogen (secondary N) is 1. The van der Waals surface area contributed by atoms with E-state index >= 15 is 0 Å². The molecule has 0 atom stereocenters. The average molecular weight is 188 g/mol. The Balaban J connectivity index is 2.47. The van der Waals surface area contributed by atoms with Crippen molar-refractivity contribution in [3.8, 4) is 11.4 Å². The Labute approximate surface area is 82.2 Å². The van der Waals surface area contributed by atoms with Gasteiger partial charge in [-0.25, -0.2) is 4.98 Å². The largest absolute Gasteiger partial charge is 0.399 e. The summed E-state index contributed by atoms with van der Waals surface area (Å²) in [7, 11) is 0. The second kappa shape index (κ2) is 3.14. The summed E-state index contributed by atoms with van der Waals surface area (Å²) in [4.78, 5) is 4.24. The van der Waals surface area contributed by atoms with Crippen LogP contribution in [0.3, 0.4) is 0 Å². The van der Waals surface area contributed by atoms with Crippen molar-refractivity contribution in [1.29, 1.82) is 0 Å². The third-order valence-corrected chi connectivity index (χ3v) is 2.13. The van der Waals surface area contributed by atoms with Gasteiger partial charge in [0.15, 0.2) is 5.82 Å². The Kier molecular flexibility index (Phi) is 1.96. The zero-order valence-electron chi connectivity index (χ0n) is 8.20. The van der Waals surface area contributed by atoms with Gasteiger partial charge < -0.3 is 5.73 Å². The lowest BCUT2D eigenvalue weighted by atomic mass is 10.1. The van der Waals surface area contributed by atoms with Crippen molar-refractivity contribution in [1.82, 2.24) is 15.2 Å². The van der Waals surface area contributed by atoms with Gasteiger partial charge in [0.2, 0.25) is 0 Å². The lowest BCUT2D eigenvalue weighted by molar-refractivity contribution is 1.04. The van der Waals surface area contributed by atoms with Crippen LogP contribution in [0.5, 0.6) is 0 Å². The fourth-order valence-corrected chi connectivity index (χ4v) is 1.29. The number of hydrogen-bond acceptors (Lipinski definition) is 3. The van der Waals surface area contributed by atoms with Crippen molar-refractivity contribution < 1.29 is 0 Å². The van der Waals surface area contributed by atoms with Crippen molar-refractivity contribution in [3.63, 3.8) is 0 Å². The van der Waals surface area contributed by atoms with E-state index in [1.54, 1.807) is 0 Å². The van der Waals surface area contributed by atoms with Crippen molar-refractivity contribution in [2.24, 2.45) is 0 Å². The Morgan fingerprint density at radius 3 is 2.64 bits per heavy atom. The van der Waals surface area contributed by atoms with E-state index in [9.17, 15) is 0 Å². The number of H-pyrrole nitrogens is 1. The van der Waals surface area contributed by atoms with Crippen molar-refractivity contribution in [3.05, 3.63) is 29.6 Å². The molecule has 0 aliphatic heterocycles. The number of benzene rings is 1. The van der Waals surface area contributed by atoms with Crippen molar-refractivity contribution in [2.45, 2.75) is 13.8 Å². The molecule has 0 aliphatic rings. The van der Waals surface area contributed by atoms with E-state index in [-0.39, 0.29) is 0 Å². The van der Waals surface area contributed by atoms with Crippen molar-refractivity contribution in [2.75, 3.05) is 5.73 Å². The normalized spacial score (nSPS) is 10.4. The molecule has 72 valence electrons. The second-order valence-electron chi connectivity index (χ2n) is 3.32. The highest BCUT2D eigenvalue weighted by molar-refractivity contribution is 5.61. The number of hydrogen-bond donors (Lipinski definition) is 2. The molecule has 4 nitrogen and oxygen atoms in total. The third-order valence-electron chi connectivity index (χ3n) is 2.13. The first kappa shape index (κ1) is 8.74. The predicted octanol–water partition coefficient (Wildman–Crippen LogP) is 1.67. The molecule has 0 aliphatic carbocycles. The molecule has 0 saturated heterocycles. The Morgan fingerprint density at radius 2 is 2.07 bits per heavy atom. The molecule has 0 amide bonds. The zero-order valence-corrected chi connectivity index (χ0v) is 8.20. The monoisotopic (exact) mass is 188 g/mol. The molecule has 0 radical (unpaired) electrons. The van der Waals surface area contributed by atoms with Crippen LogP contribution in [0.15, 0.2) is 18.2 Å². The molecule has 0 bridgehead atoms. The van der Waals surface area contributed by atoms with Crippen LogP contribution < -0.4 is 5.73 Å². The first-order chi connectivity index (χ1) is 6.66. The maximum atomic E-state index is 5.72. The van der Waals surface area contributed by atoms with Crippen molar-refractivity contribution >= 4 is 5.69 Å². The molecule has 4 heteroatoms. The van der Waals surface area contributed by atoms with Gasteiger partial charge in [0.05, 0.1) is 0 Å². The maximum Gasteiger partial charge on any atom is 0.181 e. The van der Waals surface area contributed by atoms with E-state index in [4.69, 9.17) is 5.73 Å². The second-order valence-corrected chi connectivity index (χ2v) is 3.32. The van der Waals surface area contributed by atoms with Gasteiger partial charge >= 0.3 is 0 Å². The van der Waals surface area contributed by atoms with Crippen LogP contribution in [0.1, 0.15) is 11.4 Å². The third kappa shape index (κ3) is 1.46. The van der Waals surface area contributed by atoms with Crippen LogP contribution in [0.2, 0.25) is 0 Å². The molecule has 1 heterocycles. The Morgan fingerprint density at radius 1 is 1.29 bits per heavy atom. The molecule has 1 aromatic heterocycles. The smallest absolute Gasteiger partial charge is 0.181 e. The number of aromatic nitrogens is 3. The number of aromatic amines is 1. The summed E-state index contributed by atoms with van der Waals surface area (Å²) in [6.45, 7) is 3.85.